The molecule has 1 saturated heterocycles. The van der Waals surface area contributed by atoms with E-state index >= 15 is 0 Å². The number of aromatic nitrogens is 2. The molecule has 112 valence electrons. The van der Waals surface area contributed by atoms with E-state index in [1.54, 1.807) is 6.20 Å². The van der Waals surface area contributed by atoms with Crippen molar-refractivity contribution in [2.75, 3.05) is 28.7 Å². The van der Waals surface area contributed by atoms with E-state index in [1.165, 1.54) is 0 Å². The van der Waals surface area contributed by atoms with Crippen molar-refractivity contribution in [1.82, 2.24) is 9.97 Å². The summed E-state index contributed by atoms with van der Waals surface area (Å²) in [6.45, 7) is 4.82. The van der Waals surface area contributed by atoms with Crippen LogP contribution in [-0.2, 0) is 9.84 Å². The normalized spacial score (nSPS) is 21.4. The van der Waals surface area contributed by atoms with Crippen molar-refractivity contribution in [3.05, 3.63) is 11.8 Å². The zero-order valence-electron chi connectivity index (χ0n) is 12.0. The predicted molar refractivity (Wildman–Crippen MR) is 80.8 cm³/mol. The second-order valence-corrected chi connectivity index (χ2v) is 7.48. The molecular weight excluding hydrogens is 276 g/mol. The number of nitrogens with one attached hydrogen (secondary N) is 2. The van der Waals surface area contributed by atoms with E-state index in [1.807, 2.05) is 6.92 Å². The van der Waals surface area contributed by atoms with Crippen LogP contribution < -0.4 is 10.6 Å². The minimum atomic E-state index is -2.91. The second-order valence-electron chi connectivity index (χ2n) is 5.25. The molecule has 1 aliphatic heterocycles. The average molecular weight is 298 g/mol. The Bertz CT molecular complexity index is 559. The Morgan fingerprint density at radius 3 is 2.95 bits per heavy atom. The molecule has 2 heterocycles. The van der Waals surface area contributed by atoms with Gasteiger partial charge in [0.15, 0.2) is 9.84 Å². The average Bonchev–Trinajstić information content (AvgIpc) is 2.38. The monoisotopic (exact) mass is 298 g/mol. The highest BCUT2D eigenvalue weighted by Crippen LogP contribution is 2.19. The van der Waals surface area contributed by atoms with Crippen LogP contribution in [0.15, 0.2) is 6.20 Å². The first-order valence-corrected chi connectivity index (χ1v) is 8.87. The van der Waals surface area contributed by atoms with E-state index in [4.69, 9.17) is 0 Å². The van der Waals surface area contributed by atoms with Crippen LogP contribution >= 0.6 is 0 Å². The minimum Gasteiger partial charge on any atom is -0.366 e. The van der Waals surface area contributed by atoms with Gasteiger partial charge in [0.25, 0.3) is 0 Å². The highest BCUT2D eigenvalue weighted by molar-refractivity contribution is 7.91. The first-order chi connectivity index (χ1) is 9.50. The van der Waals surface area contributed by atoms with E-state index in [2.05, 4.69) is 27.5 Å². The van der Waals surface area contributed by atoms with Gasteiger partial charge in [-0.15, -0.1) is 0 Å². The van der Waals surface area contributed by atoms with Crippen molar-refractivity contribution in [3.8, 4) is 0 Å². The van der Waals surface area contributed by atoms with E-state index in [0.717, 1.165) is 30.8 Å². The van der Waals surface area contributed by atoms with E-state index < -0.39 is 9.84 Å². The van der Waals surface area contributed by atoms with Gasteiger partial charge in [0.2, 0.25) is 5.95 Å². The van der Waals surface area contributed by atoms with Gasteiger partial charge in [-0.2, -0.15) is 4.98 Å². The summed E-state index contributed by atoms with van der Waals surface area (Å²) < 4.78 is 23.3. The number of rotatable bonds is 5. The van der Waals surface area contributed by atoms with E-state index in [9.17, 15) is 8.42 Å². The molecule has 1 unspecified atom stereocenters. The van der Waals surface area contributed by atoms with Gasteiger partial charge in [-0.05, 0) is 26.2 Å². The van der Waals surface area contributed by atoms with Crippen LogP contribution in [-0.4, -0.2) is 42.5 Å². The predicted octanol–water partition coefficient (Wildman–Crippen LogP) is 1.60. The molecule has 2 rings (SSSR count). The molecule has 0 spiro atoms. The highest BCUT2D eigenvalue weighted by atomic mass is 32.2. The third-order valence-corrected chi connectivity index (χ3v) is 5.13. The SMILES string of the molecule is CCCNc1ncc(C)c(NC2CCCS(=O)(=O)C2)n1. The van der Waals surface area contributed by atoms with Gasteiger partial charge in [0, 0.05) is 24.3 Å². The summed E-state index contributed by atoms with van der Waals surface area (Å²) in [5.41, 5.74) is 0.926. The summed E-state index contributed by atoms with van der Waals surface area (Å²) in [5, 5.41) is 6.39. The third kappa shape index (κ3) is 4.06. The molecule has 1 fully saturated rings. The van der Waals surface area contributed by atoms with Gasteiger partial charge >= 0.3 is 0 Å². The lowest BCUT2D eigenvalue weighted by molar-refractivity contribution is 0.561. The van der Waals surface area contributed by atoms with Crippen molar-refractivity contribution in [1.29, 1.82) is 0 Å². The van der Waals surface area contributed by atoms with Crippen molar-refractivity contribution in [2.24, 2.45) is 0 Å². The molecule has 0 saturated carbocycles. The minimum absolute atomic E-state index is 0.0543. The quantitative estimate of drug-likeness (QED) is 0.859. The summed E-state index contributed by atoms with van der Waals surface area (Å²) in [7, 11) is -2.91. The van der Waals surface area contributed by atoms with Crippen LogP contribution in [0.25, 0.3) is 0 Å². The molecule has 0 aliphatic carbocycles. The van der Waals surface area contributed by atoms with Crippen LogP contribution in [0.1, 0.15) is 31.7 Å². The fourth-order valence-corrected chi connectivity index (χ4v) is 3.88. The summed E-state index contributed by atoms with van der Waals surface area (Å²) in [5.74, 6) is 1.80. The summed E-state index contributed by atoms with van der Waals surface area (Å²) in [6, 6.07) is -0.0543. The lowest BCUT2D eigenvalue weighted by Gasteiger charge is -2.24. The second kappa shape index (κ2) is 6.39. The van der Waals surface area contributed by atoms with Crippen LogP contribution in [0.3, 0.4) is 0 Å². The topological polar surface area (TPSA) is 84.0 Å². The van der Waals surface area contributed by atoms with E-state index in [-0.39, 0.29) is 11.8 Å². The Hall–Kier alpha value is -1.37. The molecular formula is C13H22N4O2S. The van der Waals surface area contributed by atoms with Gasteiger partial charge in [-0.1, -0.05) is 6.92 Å². The number of sulfone groups is 1. The van der Waals surface area contributed by atoms with Gasteiger partial charge in [-0.25, -0.2) is 13.4 Å². The Balaban J connectivity index is 2.08. The van der Waals surface area contributed by atoms with Crippen LogP contribution in [0, 0.1) is 6.92 Å². The molecule has 1 aromatic heterocycles. The maximum absolute atomic E-state index is 11.7. The van der Waals surface area contributed by atoms with Crippen LogP contribution in [0.4, 0.5) is 11.8 Å². The largest absolute Gasteiger partial charge is 0.366 e. The summed E-state index contributed by atoms with van der Waals surface area (Å²) >= 11 is 0. The number of hydrogen-bond acceptors (Lipinski definition) is 6. The van der Waals surface area contributed by atoms with Crippen molar-refractivity contribution >= 4 is 21.6 Å². The molecule has 1 atom stereocenters. The van der Waals surface area contributed by atoms with E-state index in [0.29, 0.717) is 18.1 Å². The van der Waals surface area contributed by atoms with Crippen LogP contribution in [0.2, 0.25) is 0 Å². The molecule has 0 amide bonds. The first-order valence-electron chi connectivity index (χ1n) is 7.04. The number of hydrogen-bond donors (Lipinski definition) is 2. The zero-order chi connectivity index (χ0) is 14.6. The Kier molecular flexibility index (Phi) is 4.80. The third-order valence-electron chi connectivity index (χ3n) is 3.31. The standard InChI is InChI=1S/C13H22N4O2S/c1-3-6-14-13-15-8-10(2)12(17-13)16-11-5-4-7-20(18,19)9-11/h8,11H,3-7,9H2,1-2H3,(H2,14,15,16,17). The Labute approximate surface area is 120 Å². The smallest absolute Gasteiger partial charge is 0.224 e. The highest BCUT2D eigenvalue weighted by Gasteiger charge is 2.25. The molecule has 2 N–H and O–H groups in total. The lowest BCUT2D eigenvalue weighted by atomic mass is 10.2. The Morgan fingerprint density at radius 1 is 1.45 bits per heavy atom. The molecule has 0 bridgehead atoms. The number of nitrogens with zero attached hydrogens (tertiary/aromatic N) is 2. The van der Waals surface area contributed by atoms with Gasteiger partial charge in [0.05, 0.1) is 11.5 Å². The molecule has 0 aromatic carbocycles. The first kappa shape index (κ1) is 15.0. The Morgan fingerprint density at radius 2 is 2.25 bits per heavy atom. The molecule has 1 aliphatic rings. The van der Waals surface area contributed by atoms with Crippen LogP contribution in [0.5, 0.6) is 0 Å². The molecule has 7 heteroatoms. The van der Waals surface area contributed by atoms with Crippen molar-refractivity contribution in [2.45, 2.75) is 39.2 Å². The fourth-order valence-electron chi connectivity index (χ4n) is 2.24. The van der Waals surface area contributed by atoms with Crippen molar-refractivity contribution in [3.63, 3.8) is 0 Å². The lowest BCUT2D eigenvalue weighted by Crippen LogP contribution is -2.35. The summed E-state index contributed by atoms with van der Waals surface area (Å²) in [6.07, 6.45) is 4.33. The van der Waals surface area contributed by atoms with Gasteiger partial charge < -0.3 is 10.6 Å². The molecule has 20 heavy (non-hydrogen) atoms. The van der Waals surface area contributed by atoms with Gasteiger partial charge in [-0.3, -0.25) is 0 Å². The summed E-state index contributed by atoms with van der Waals surface area (Å²) in [4.78, 5) is 8.64. The van der Waals surface area contributed by atoms with Gasteiger partial charge in [0.1, 0.15) is 5.82 Å². The molecule has 1 aromatic rings. The zero-order valence-corrected chi connectivity index (χ0v) is 12.8. The maximum atomic E-state index is 11.7. The van der Waals surface area contributed by atoms with Crippen molar-refractivity contribution < 1.29 is 8.42 Å². The molecule has 0 radical (unpaired) electrons. The number of anilines is 2. The maximum Gasteiger partial charge on any atom is 0.224 e. The molecule has 6 nitrogen and oxygen atoms in total. The number of aryl methyl sites for hydroxylation is 1. The fraction of sp³-hybridized carbons (Fsp3) is 0.692.